The number of quaternary nitrogens is 1. The van der Waals surface area contributed by atoms with Crippen molar-refractivity contribution in [1.29, 1.82) is 0 Å². The topological polar surface area (TPSA) is 55.6 Å². The van der Waals surface area contributed by atoms with Gasteiger partial charge in [-0.05, 0) is 0 Å². The van der Waals surface area contributed by atoms with Crippen molar-refractivity contribution in [1.82, 2.24) is 0 Å². The van der Waals surface area contributed by atoms with E-state index in [1.165, 1.54) is 0 Å². The normalized spacial score (nSPS) is 19.2. The summed E-state index contributed by atoms with van der Waals surface area (Å²) in [5.41, 5.74) is 0. The third-order valence-corrected chi connectivity index (χ3v) is 0.487. The van der Waals surface area contributed by atoms with Crippen LogP contribution >= 0.6 is 11.8 Å². The van der Waals surface area contributed by atoms with E-state index in [4.69, 9.17) is 5.21 Å². The molecule has 0 saturated heterocycles. The molecule has 1 unspecified atom stereocenters. The van der Waals surface area contributed by atoms with E-state index in [0.29, 0.717) is 0 Å². The fourth-order valence-electron chi connectivity index (χ4n) is 0. The van der Waals surface area contributed by atoms with E-state index in [2.05, 4.69) is 28.7 Å². The van der Waals surface area contributed by atoms with Gasteiger partial charge in [0, 0.05) is 8.91 Å². The molecule has 0 aliphatic rings. The van der Waals surface area contributed by atoms with E-state index >= 15 is 0 Å². The minimum Gasteiger partial charge on any atom is -0.551 e. The Hall–Kier alpha value is 0.190. The van der Waals surface area contributed by atoms with E-state index in [1.807, 2.05) is 0 Å². The first kappa shape index (κ1) is 6.19. The molecule has 1 atom stereocenters. The van der Waals surface area contributed by atoms with Crippen LogP contribution in [-0.4, -0.2) is 9.64 Å². The van der Waals surface area contributed by atoms with E-state index in [9.17, 15) is 5.21 Å². The van der Waals surface area contributed by atoms with Crippen molar-refractivity contribution in [3.8, 4) is 0 Å². The average Bonchev–Trinajstić information content (AvgIpc) is 1.35. The predicted octanol–water partition coefficient (Wildman–Crippen LogP) is 0.489. The van der Waals surface area contributed by atoms with E-state index in [0.717, 1.165) is 0 Å². The lowest BCUT2D eigenvalue weighted by Gasteiger charge is -2.09. The van der Waals surface area contributed by atoms with Crippen molar-refractivity contribution in [2.24, 2.45) is 4.47 Å². The van der Waals surface area contributed by atoms with Gasteiger partial charge in [0.25, 0.3) is 0 Å². The summed E-state index contributed by atoms with van der Waals surface area (Å²) < 4.78 is 0.0386. The fraction of sp³-hybridized carbons (Fsp3) is 0. The Labute approximate surface area is 44.3 Å². The Kier molecular flexibility index (Phi) is 1.82. The van der Waals surface area contributed by atoms with Gasteiger partial charge in [-0.25, -0.2) is 0 Å². The Morgan fingerprint density at radius 2 is 2.17 bits per heavy atom. The standard InChI is InChI=1S/ClHN2O2S/c1-3(4,5)2-6/h4H. The van der Waals surface area contributed by atoms with Gasteiger partial charge in [0.15, 0.2) is 0 Å². The van der Waals surface area contributed by atoms with Crippen LogP contribution in [0, 0.1) is 5.21 Å². The van der Waals surface area contributed by atoms with Gasteiger partial charge in [-0.1, -0.05) is 0 Å². The van der Waals surface area contributed by atoms with Gasteiger partial charge in [0.2, 0.25) is 11.8 Å². The van der Waals surface area contributed by atoms with Crippen LogP contribution in [0.3, 0.4) is 0 Å². The summed E-state index contributed by atoms with van der Waals surface area (Å²) in [5.74, 6) is 0. The quantitative estimate of drug-likeness (QED) is 0.413. The summed E-state index contributed by atoms with van der Waals surface area (Å²) in [4.78, 5) is 0. The number of halogens is 1. The highest BCUT2D eigenvalue weighted by atomic mass is 35.5. The molecular formula is HClN2O2S. The minimum absolute atomic E-state index is 2.27. The van der Waals surface area contributed by atoms with Crippen molar-refractivity contribution < 1.29 is 9.64 Å². The first-order valence-corrected chi connectivity index (χ1v) is 1.64. The van der Waals surface area contributed by atoms with E-state index in [-0.39, 0.29) is 0 Å². The van der Waals surface area contributed by atoms with Crippen LogP contribution in [0.2, 0.25) is 0 Å². The smallest absolute Gasteiger partial charge is 0.240 e. The number of hydrogen-bond acceptors (Lipinski definition) is 4. The van der Waals surface area contributed by atoms with E-state index in [1.54, 1.807) is 0 Å². The van der Waals surface area contributed by atoms with Crippen LogP contribution in [0.4, 0.5) is 0 Å². The molecule has 0 radical (unpaired) electrons. The summed E-state index contributed by atoms with van der Waals surface area (Å²) in [6.07, 6.45) is 0. The molecule has 0 aliphatic carbocycles. The molecule has 0 rings (SSSR count). The van der Waals surface area contributed by atoms with Crippen LogP contribution in [0.25, 0.3) is 0 Å². The van der Waals surface area contributed by atoms with Crippen molar-refractivity contribution in [2.45, 2.75) is 0 Å². The number of hydrogen-bond donors (Lipinski definition) is 1. The molecule has 0 amide bonds. The van der Waals surface area contributed by atoms with Crippen molar-refractivity contribution in [3.05, 3.63) is 5.21 Å². The average molecular weight is 129 g/mol. The molecule has 0 heterocycles. The monoisotopic (exact) mass is 128 g/mol. The fourth-order valence-corrected chi connectivity index (χ4v) is 0. The van der Waals surface area contributed by atoms with Gasteiger partial charge in [-0.2, -0.15) is 5.21 Å². The molecule has 0 saturated carbocycles. The zero-order chi connectivity index (χ0) is 5.21. The summed E-state index contributed by atoms with van der Waals surface area (Å²) in [6.45, 7) is 0. The van der Waals surface area contributed by atoms with Gasteiger partial charge in [0.05, 0.1) is 0 Å². The first-order chi connectivity index (χ1) is 2.56. The molecule has 0 aliphatic heterocycles. The maximum atomic E-state index is 9.46. The summed E-state index contributed by atoms with van der Waals surface area (Å²) in [7, 11) is 0. The summed E-state index contributed by atoms with van der Waals surface area (Å²) in [6, 6.07) is 0. The molecule has 1 N–H and O–H groups in total. The summed E-state index contributed by atoms with van der Waals surface area (Å²) >= 11 is 8.08. The first-order valence-electron chi connectivity index (χ1n) is 0.934. The van der Waals surface area contributed by atoms with Crippen molar-refractivity contribution >= 4 is 24.2 Å². The minimum atomic E-state index is -2.27. The molecule has 0 aromatic heterocycles. The molecule has 4 nitrogen and oxygen atoms in total. The zero-order valence-electron chi connectivity index (χ0n) is 2.54. The van der Waals surface area contributed by atoms with Crippen molar-refractivity contribution in [3.63, 3.8) is 0 Å². The van der Waals surface area contributed by atoms with Crippen LogP contribution in [0.5, 0.6) is 0 Å². The van der Waals surface area contributed by atoms with Crippen LogP contribution < -0.4 is 0 Å². The largest absolute Gasteiger partial charge is 0.551 e. The maximum absolute atomic E-state index is 9.46. The zero-order valence-corrected chi connectivity index (χ0v) is 4.11. The van der Waals surface area contributed by atoms with Crippen LogP contribution in [-0.2, 0) is 12.4 Å². The second-order valence-corrected chi connectivity index (χ2v) is 1.16. The molecule has 0 aromatic rings. The van der Waals surface area contributed by atoms with Gasteiger partial charge in [0.1, 0.15) is 12.4 Å². The van der Waals surface area contributed by atoms with Gasteiger partial charge >= 0.3 is 0 Å². The Bertz CT molecular complexity index is 57.1. The van der Waals surface area contributed by atoms with Gasteiger partial charge < -0.3 is 5.21 Å². The molecule has 0 spiro atoms. The lowest BCUT2D eigenvalue weighted by Crippen LogP contribution is -2.16. The highest BCUT2D eigenvalue weighted by molar-refractivity contribution is 7.47. The number of rotatable bonds is 1. The van der Waals surface area contributed by atoms with Crippen molar-refractivity contribution in [2.75, 3.05) is 0 Å². The second-order valence-electron chi connectivity index (χ2n) is 0.555. The second kappa shape index (κ2) is 1.76. The SMILES string of the molecule is [O-][N+](O)(Cl)N=S. The predicted molar refractivity (Wildman–Crippen MR) is 21.1 cm³/mol. The van der Waals surface area contributed by atoms with Crippen LogP contribution in [0.15, 0.2) is 4.47 Å². The highest BCUT2D eigenvalue weighted by Crippen LogP contribution is 2.00. The summed E-state index contributed by atoms with van der Waals surface area (Å²) in [5, 5.41) is 17.2. The Balaban J connectivity index is 3.45. The lowest BCUT2D eigenvalue weighted by molar-refractivity contribution is -0.972. The third kappa shape index (κ3) is 4.19. The van der Waals surface area contributed by atoms with Gasteiger partial charge in [-0.15, -0.1) is 0 Å². The maximum Gasteiger partial charge on any atom is 0.240 e. The Morgan fingerprint density at radius 3 is 2.17 bits per heavy atom. The molecule has 6 heavy (non-hydrogen) atoms. The van der Waals surface area contributed by atoms with E-state index < -0.39 is 4.44 Å². The molecule has 36 valence electrons. The Morgan fingerprint density at radius 1 is 2.00 bits per heavy atom. The molecule has 6 heteroatoms. The lowest BCUT2D eigenvalue weighted by atomic mass is 12.6. The highest BCUT2D eigenvalue weighted by Gasteiger charge is 2.02. The molecule has 0 aromatic carbocycles. The number of nitrogens with zero attached hydrogens (tertiary/aromatic N) is 2. The third-order valence-electron chi connectivity index (χ3n) is 0.101. The molecule has 0 bridgehead atoms. The van der Waals surface area contributed by atoms with Crippen LogP contribution in [0.1, 0.15) is 0 Å². The molecule has 0 fully saturated rings. The van der Waals surface area contributed by atoms with Gasteiger partial charge in [-0.3, -0.25) is 0 Å². The molecular weight excluding hydrogens is 128 g/mol.